The number of methoxy groups -OCH3 is 1. The molecule has 1 aromatic heterocycles. The smallest absolute Gasteiger partial charge is 0.262 e. The summed E-state index contributed by atoms with van der Waals surface area (Å²) in [6.45, 7) is 0.841. The number of carbonyl (C=O) groups is 2. The number of carbonyl (C=O) groups excluding carboxylic acids is 2. The maximum atomic E-state index is 13.5. The van der Waals surface area contributed by atoms with Crippen LogP contribution in [0.4, 0.5) is 0 Å². The summed E-state index contributed by atoms with van der Waals surface area (Å²) in [5.41, 5.74) is 2.92. The van der Waals surface area contributed by atoms with E-state index in [9.17, 15) is 9.59 Å². The SMILES string of the molecule is COCCN(CC(=O)N1N=C(c2cccn2C)C[C@H]1c1ccccc1)C(=O)C1CCCC1. The summed E-state index contributed by atoms with van der Waals surface area (Å²) in [5.74, 6) is -0.0777. The first-order valence-electron chi connectivity index (χ1n) is 11.4. The number of hydrogen-bond acceptors (Lipinski definition) is 4. The van der Waals surface area contributed by atoms with Crippen molar-refractivity contribution in [3.63, 3.8) is 0 Å². The van der Waals surface area contributed by atoms with Gasteiger partial charge < -0.3 is 14.2 Å². The lowest BCUT2D eigenvalue weighted by Crippen LogP contribution is -2.44. The lowest BCUT2D eigenvalue weighted by molar-refractivity contribution is -0.144. The highest BCUT2D eigenvalue weighted by atomic mass is 16.5. The maximum Gasteiger partial charge on any atom is 0.262 e. The number of hydrogen-bond donors (Lipinski definition) is 0. The Morgan fingerprint density at radius 3 is 2.53 bits per heavy atom. The third-order valence-electron chi connectivity index (χ3n) is 6.50. The number of ether oxygens (including phenoxy) is 1. The lowest BCUT2D eigenvalue weighted by Gasteiger charge is -2.28. The van der Waals surface area contributed by atoms with Gasteiger partial charge >= 0.3 is 0 Å². The van der Waals surface area contributed by atoms with E-state index in [-0.39, 0.29) is 30.3 Å². The lowest BCUT2D eigenvalue weighted by atomic mass is 10.0. The second-order valence-electron chi connectivity index (χ2n) is 8.65. The van der Waals surface area contributed by atoms with Crippen LogP contribution in [0, 0.1) is 5.92 Å². The molecule has 7 heteroatoms. The van der Waals surface area contributed by atoms with Gasteiger partial charge in [-0.25, -0.2) is 5.01 Å². The molecule has 32 heavy (non-hydrogen) atoms. The average Bonchev–Trinajstić information content (AvgIpc) is 3.57. The van der Waals surface area contributed by atoms with E-state index in [4.69, 9.17) is 9.84 Å². The van der Waals surface area contributed by atoms with Crippen molar-refractivity contribution in [1.29, 1.82) is 0 Å². The van der Waals surface area contributed by atoms with Crippen molar-refractivity contribution >= 4 is 17.5 Å². The molecule has 4 rings (SSSR count). The van der Waals surface area contributed by atoms with Crippen LogP contribution in [0.5, 0.6) is 0 Å². The Labute approximate surface area is 189 Å². The molecule has 1 aliphatic carbocycles. The summed E-state index contributed by atoms with van der Waals surface area (Å²) < 4.78 is 7.23. The molecule has 1 atom stereocenters. The van der Waals surface area contributed by atoms with Crippen molar-refractivity contribution in [3.05, 3.63) is 59.9 Å². The summed E-state index contributed by atoms with van der Waals surface area (Å²) in [5, 5.41) is 6.33. The molecule has 170 valence electrons. The van der Waals surface area contributed by atoms with Gasteiger partial charge in [-0.05, 0) is 30.5 Å². The van der Waals surface area contributed by atoms with Crippen molar-refractivity contribution in [1.82, 2.24) is 14.5 Å². The Morgan fingerprint density at radius 1 is 1.12 bits per heavy atom. The van der Waals surface area contributed by atoms with Crippen molar-refractivity contribution < 1.29 is 14.3 Å². The van der Waals surface area contributed by atoms with Gasteiger partial charge in [0.05, 0.1) is 24.1 Å². The number of rotatable bonds is 8. The average molecular weight is 437 g/mol. The van der Waals surface area contributed by atoms with E-state index in [1.165, 1.54) is 0 Å². The van der Waals surface area contributed by atoms with Crippen LogP contribution in [-0.2, 0) is 21.4 Å². The zero-order valence-electron chi connectivity index (χ0n) is 18.9. The van der Waals surface area contributed by atoms with Crippen LogP contribution < -0.4 is 0 Å². The zero-order valence-corrected chi connectivity index (χ0v) is 18.9. The molecule has 2 heterocycles. The third-order valence-corrected chi connectivity index (χ3v) is 6.50. The molecule has 0 N–H and O–H groups in total. The van der Waals surface area contributed by atoms with E-state index >= 15 is 0 Å². The van der Waals surface area contributed by atoms with Crippen LogP contribution in [-0.4, -0.2) is 58.8 Å². The van der Waals surface area contributed by atoms with E-state index in [0.717, 1.165) is 42.7 Å². The predicted octanol–water partition coefficient (Wildman–Crippen LogP) is 3.37. The minimum absolute atomic E-state index is 0.0191. The number of nitrogens with zero attached hydrogens (tertiary/aromatic N) is 4. The highest BCUT2D eigenvalue weighted by molar-refractivity contribution is 6.02. The molecule has 2 amide bonds. The quantitative estimate of drug-likeness (QED) is 0.637. The van der Waals surface area contributed by atoms with Gasteiger partial charge in [0.1, 0.15) is 6.54 Å². The van der Waals surface area contributed by atoms with Crippen molar-refractivity contribution in [3.8, 4) is 0 Å². The number of benzene rings is 1. The zero-order chi connectivity index (χ0) is 22.5. The van der Waals surface area contributed by atoms with Crippen LogP contribution in [0.2, 0.25) is 0 Å². The molecule has 1 fully saturated rings. The molecular formula is C25H32N4O3. The van der Waals surface area contributed by atoms with Gasteiger partial charge in [0.2, 0.25) is 5.91 Å². The second kappa shape index (κ2) is 10.1. The minimum atomic E-state index is -0.181. The second-order valence-corrected chi connectivity index (χ2v) is 8.65. The maximum absolute atomic E-state index is 13.5. The molecule has 7 nitrogen and oxygen atoms in total. The Bertz CT molecular complexity index is 963. The highest BCUT2D eigenvalue weighted by Crippen LogP contribution is 2.33. The first kappa shape index (κ1) is 22.3. The standard InChI is InChI=1S/C25H32N4O3/c1-27-14-8-13-22(27)21-17-23(19-9-4-3-5-10-19)29(26-21)24(30)18-28(15-16-32-2)25(31)20-11-6-7-12-20/h3-5,8-10,13-14,20,23H,6-7,11-12,15-18H2,1-2H3/t23-/m0/s1. The summed E-state index contributed by atoms with van der Waals surface area (Å²) in [6.07, 6.45) is 6.59. The Kier molecular flexibility index (Phi) is 7.05. The first-order valence-corrected chi connectivity index (χ1v) is 11.4. The van der Waals surface area contributed by atoms with E-state index in [1.807, 2.05) is 60.3 Å². The first-order chi connectivity index (χ1) is 15.6. The van der Waals surface area contributed by atoms with Gasteiger partial charge in [-0.15, -0.1) is 0 Å². The summed E-state index contributed by atoms with van der Waals surface area (Å²) in [4.78, 5) is 28.3. The van der Waals surface area contributed by atoms with Crippen LogP contribution in [0.3, 0.4) is 0 Å². The molecule has 2 aliphatic rings. The normalized spacial score (nSPS) is 18.8. The van der Waals surface area contributed by atoms with E-state index < -0.39 is 0 Å². The van der Waals surface area contributed by atoms with E-state index in [0.29, 0.717) is 19.6 Å². The fourth-order valence-electron chi connectivity index (χ4n) is 4.73. The highest BCUT2D eigenvalue weighted by Gasteiger charge is 2.36. The molecule has 0 radical (unpaired) electrons. The van der Waals surface area contributed by atoms with E-state index in [2.05, 4.69) is 0 Å². The van der Waals surface area contributed by atoms with Gasteiger partial charge in [-0.2, -0.15) is 5.10 Å². The number of hydrazone groups is 1. The predicted molar refractivity (Wildman–Crippen MR) is 123 cm³/mol. The summed E-state index contributed by atoms with van der Waals surface area (Å²) in [7, 11) is 3.59. The van der Waals surface area contributed by atoms with Gasteiger partial charge in [0, 0.05) is 39.2 Å². The van der Waals surface area contributed by atoms with Crippen molar-refractivity contribution in [2.24, 2.45) is 18.1 Å². The number of amides is 2. The molecule has 1 saturated carbocycles. The fraction of sp³-hybridized carbons (Fsp3) is 0.480. The van der Waals surface area contributed by atoms with Crippen LogP contribution in [0.25, 0.3) is 0 Å². The minimum Gasteiger partial charge on any atom is -0.383 e. The molecule has 0 saturated heterocycles. The topological polar surface area (TPSA) is 67.1 Å². The molecule has 1 aliphatic heterocycles. The van der Waals surface area contributed by atoms with Gasteiger partial charge in [-0.3, -0.25) is 9.59 Å². The summed E-state index contributed by atoms with van der Waals surface area (Å²) in [6, 6.07) is 13.8. The van der Waals surface area contributed by atoms with Crippen molar-refractivity contribution in [2.45, 2.75) is 38.1 Å². The molecular weight excluding hydrogens is 404 g/mol. The van der Waals surface area contributed by atoms with Crippen LogP contribution in [0.15, 0.2) is 53.8 Å². The molecule has 0 unspecified atom stereocenters. The largest absolute Gasteiger partial charge is 0.383 e. The molecule has 2 aromatic rings. The fourth-order valence-corrected chi connectivity index (χ4v) is 4.73. The number of aromatic nitrogens is 1. The van der Waals surface area contributed by atoms with Crippen LogP contribution >= 0.6 is 0 Å². The molecule has 1 aromatic carbocycles. The monoisotopic (exact) mass is 436 g/mol. The van der Waals surface area contributed by atoms with Gasteiger partial charge in [0.15, 0.2) is 0 Å². The van der Waals surface area contributed by atoms with E-state index in [1.54, 1.807) is 17.0 Å². The van der Waals surface area contributed by atoms with Crippen molar-refractivity contribution in [2.75, 3.05) is 26.8 Å². The number of aryl methyl sites for hydroxylation is 1. The van der Waals surface area contributed by atoms with Crippen LogP contribution in [0.1, 0.15) is 49.4 Å². The Morgan fingerprint density at radius 2 is 1.88 bits per heavy atom. The third kappa shape index (κ3) is 4.78. The molecule has 0 bridgehead atoms. The Balaban J connectivity index is 1.57. The Hall–Kier alpha value is -2.93. The van der Waals surface area contributed by atoms with Gasteiger partial charge in [-0.1, -0.05) is 43.2 Å². The summed E-state index contributed by atoms with van der Waals surface area (Å²) >= 11 is 0. The van der Waals surface area contributed by atoms with Gasteiger partial charge in [0.25, 0.3) is 5.91 Å². The molecule has 0 spiro atoms.